The Morgan fingerprint density at radius 1 is 1.47 bits per heavy atom. The first-order valence-electron chi connectivity index (χ1n) is 4.49. The second-order valence-corrected chi connectivity index (χ2v) is 4.96. The normalized spacial score (nSPS) is 14.5. The summed E-state index contributed by atoms with van der Waals surface area (Å²) in [7, 11) is -0.691. The van der Waals surface area contributed by atoms with Crippen molar-refractivity contribution in [3.05, 3.63) is 17.6 Å². The Labute approximate surface area is 88.3 Å². The number of amides is 1. The van der Waals surface area contributed by atoms with Gasteiger partial charge in [-0.25, -0.2) is 9.78 Å². The largest absolute Gasteiger partial charge is 0.455 e. The van der Waals surface area contributed by atoms with Gasteiger partial charge < -0.3 is 16.4 Å². The third-order valence-electron chi connectivity index (χ3n) is 2.40. The molecular formula is C9H9N4OS+. The number of thiophene rings is 1. The molecule has 4 N–H and O–H groups in total. The van der Waals surface area contributed by atoms with Crippen LogP contribution in [0, 0.1) is 0 Å². The Kier molecular flexibility index (Phi) is 1.60. The van der Waals surface area contributed by atoms with Crippen molar-refractivity contribution in [3.63, 3.8) is 0 Å². The van der Waals surface area contributed by atoms with Gasteiger partial charge in [-0.15, -0.1) is 0 Å². The molecule has 0 saturated heterocycles. The predicted octanol–water partition coefficient (Wildman–Crippen LogP) is 1.71. The van der Waals surface area contributed by atoms with Gasteiger partial charge in [0.05, 0.1) is 12.4 Å². The average Bonchev–Trinajstić information content (AvgIpc) is 2.61. The van der Waals surface area contributed by atoms with Gasteiger partial charge in [-0.3, -0.25) is 0 Å². The highest BCUT2D eigenvalue weighted by Gasteiger charge is 2.28. The van der Waals surface area contributed by atoms with Crippen LogP contribution in [0.15, 0.2) is 17.6 Å². The molecule has 1 amide bonds. The van der Waals surface area contributed by atoms with Gasteiger partial charge in [0, 0.05) is 6.20 Å². The molecule has 0 aliphatic carbocycles. The molecule has 6 heteroatoms. The second-order valence-electron chi connectivity index (χ2n) is 3.26. The van der Waals surface area contributed by atoms with E-state index in [1.807, 2.05) is 11.4 Å². The van der Waals surface area contributed by atoms with Crippen molar-refractivity contribution in [2.45, 2.75) is 0 Å². The van der Waals surface area contributed by atoms with Crippen molar-refractivity contribution in [1.82, 2.24) is 4.98 Å². The van der Waals surface area contributed by atoms with Crippen molar-refractivity contribution < 1.29 is 4.79 Å². The first-order chi connectivity index (χ1) is 7.27. The number of anilines is 2. The van der Waals surface area contributed by atoms with Gasteiger partial charge >= 0.3 is 5.24 Å². The van der Waals surface area contributed by atoms with Crippen LogP contribution in [0.25, 0.3) is 10.2 Å². The molecule has 1 aliphatic heterocycles. The summed E-state index contributed by atoms with van der Waals surface area (Å²) >= 11 is 0. The van der Waals surface area contributed by atoms with Gasteiger partial charge in [0.2, 0.25) is 0 Å². The zero-order valence-corrected chi connectivity index (χ0v) is 8.60. The first-order valence-corrected chi connectivity index (χ1v) is 5.77. The summed E-state index contributed by atoms with van der Waals surface area (Å²) in [4.78, 5) is 16.3. The lowest BCUT2D eigenvalue weighted by Crippen LogP contribution is -2.15. The molecule has 0 saturated carbocycles. The van der Waals surface area contributed by atoms with Crippen LogP contribution < -0.4 is 16.4 Å². The van der Waals surface area contributed by atoms with E-state index in [9.17, 15) is 4.79 Å². The number of primary amides is 1. The fraction of sp³-hybridized carbons (Fsp3) is 0.111. The van der Waals surface area contributed by atoms with Crippen LogP contribution in [-0.4, -0.2) is 16.9 Å². The zero-order valence-electron chi connectivity index (χ0n) is 7.78. The van der Waals surface area contributed by atoms with E-state index in [1.165, 1.54) is 0 Å². The van der Waals surface area contributed by atoms with Crippen LogP contribution in [0.4, 0.5) is 16.2 Å². The van der Waals surface area contributed by atoms with Crippen LogP contribution in [0.5, 0.6) is 0 Å². The Bertz CT molecular complexity index is 562. The Morgan fingerprint density at radius 3 is 3.07 bits per heavy atom. The molecular weight excluding hydrogens is 212 g/mol. The molecule has 1 aliphatic rings. The molecule has 1 atom stereocenters. The number of hydrogen-bond donors (Lipinski definition) is 3. The number of nitrogens with two attached hydrogens (primary N) is 1. The molecule has 0 radical (unpaired) electrons. The van der Waals surface area contributed by atoms with E-state index in [0.29, 0.717) is 6.67 Å². The fourth-order valence-electron chi connectivity index (χ4n) is 1.77. The second kappa shape index (κ2) is 2.83. The summed E-state index contributed by atoms with van der Waals surface area (Å²) in [6.07, 6.45) is 1.70. The van der Waals surface area contributed by atoms with Crippen LogP contribution in [0.1, 0.15) is 0 Å². The highest BCUT2D eigenvalue weighted by Crippen LogP contribution is 2.42. The highest BCUT2D eigenvalue weighted by molar-refractivity contribution is 7.54. The lowest BCUT2D eigenvalue weighted by molar-refractivity contribution is 0.266. The fourth-order valence-corrected chi connectivity index (χ4v) is 3.24. The minimum absolute atomic E-state index is 0.334. The van der Waals surface area contributed by atoms with Crippen molar-refractivity contribution in [2.24, 2.45) is 5.73 Å². The molecule has 0 spiro atoms. The topological polar surface area (TPSA) is 80.0 Å². The molecule has 2 aromatic rings. The van der Waals surface area contributed by atoms with Gasteiger partial charge in [-0.05, 0) is 6.07 Å². The molecule has 0 aromatic carbocycles. The van der Waals surface area contributed by atoms with Crippen molar-refractivity contribution in [1.29, 1.82) is 0 Å². The van der Waals surface area contributed by atoms with Gasteiger partial charge in [-0.2, -0.15) is 0 Å². The third-order valence-corrected chi connectivity index (χ3v) is 4.04. The maximum absolute atomic E-state index is 11.3. The number of hydrogen-bond acceptors (Lipinski definition) is 4. The first kappa shape index (κ1) is 8.49. The van der Waals surface area contributed by atoms with Crippen molar-refractivity contribution >= 4 is 37.3 Å². The lowest BCUT2D eigenvalue weighted by Gasteiger charge is -2.13. The van der Waals surface area contributed by atoms with Gasteiger partial charge in [0.25, 0.3) is 4.83 Å². The molecule has 76 valence electrons. The van der Waals surface area contributed by atoms with Gasteiger partial charge in [0.1, 0.15) is 21.5 Å². The molecule has 1 unspecified atom stereocenters. The molecule has 3 rings (SSSR count). The quantitative estimate of drug-likeness (QED) is 0.640. The summed E-state index contributed by atoms with van der Waals surface area (Å²) in [6, 6.07) is 1.90. The SMILES string of the molecule is NC(=O)[s+]1cc2c3c(ccnc31)NCN2. The maximum Gasteiger partial charge on any atom is 0.455 e. The smallest absolute Gasteiger partial charge is 0.367 e. The molecule has 15 heavy (non-hydrogen) atoms. The monoisotopic (exact) mass is 221 g/mol. The average molecular weight is 221 g/mol. The molecule has 0 fully saturated rings. The number of carbonyl (C=O) groups is 1. The van der Waals surface area contributed by atoms with E-state index in [0.717, 1.165) is 21.6 Å². The Morgan fingerprint density at radius 2 is 2.27 bits per heavy atom. The van der Waals surface area contributed by atoms with E-state index in [2.05, 4.69) is 15.6 Å². The van der Waals surface area contributed by atoms with Crippen molar-refractivity contribution in [2.75, 3.05) is 17.3 Å². The van der Waals surface area contributed by atoms with Gasteiger partial charge in [0.15, 0.2) is 5.38 Å². The summed E-state index contributed by atoms with van der Waals surface area (Å²) < 4.78 is 0. The minimum Gasteiger partial charge on any atom is -0.367 e. The summed E-state index contributed by atoms with van der Waals surface area (Å²) in [5.41, 5.74) is 7.32. The van der Waals surface area contributed by atoms with Crippen LogP contribution in [0.2, 0.25) is 0 Å². The third kappa shape index (κ3) is 1.08. The van der Waals surface area contributed by atoms with E-state index >= 15 is 0 Å². The van der Waals surface area contributed by atoms with E-state index < -0.39 is 10.5 Å². The lowest BCUT2D eigenvalue weighted by atomic mass is 10.2. The summed E-state index contributed by atoms with van der Waals surface area (Å²) in [5.74, 6) is 0. The van der Waals surface area contributed by atoms with Crippen LogP contribution >= 0.6 is 10.5 Å². The zero-order chi connectivity index (χ0) is 10.4. The molecule has 2 aromatic heterocycles. The van der Waals surface area contributed by atoms with Gasteiger partial charge in [-0.1, -0.05) is 0 Å². The Hall–Kier alpha value is -1.82. The van der Waals surface area contributed by atoms with Crippen LogP contribution in [-0.2, 0) is 0 Å². The van der Waals surface area contributed by atoms with E-state index in [4.69, 9.17) is 5.73 Å². The molecule has 3 heterocycles. The standard InChI is InChI=1S/C9H8N4OS/c10-9(14)15-3-6-7-5(12-4-13-6)1-2-11-8(7)15/h1-3,13H,4H2,(H2-,10,11,12,14)/p+1. The number of nitrogens with zero attached hydrogens (tertiary/aromatic N) is 1. The minimum atomic E-state index is -0.691. The Balaban J connectivity index is 2.43. The van der Waals surface area contributed by atoms with E-state index in [1.54, 1.807) is 6.20 Å². The maximum atomic E-state index is 11.3. The van der Waals surface area contributed by atoms with E-state index in [-0.39, 0.29) is 5.24 Å². The number of carbonyl (C=O) groups excluding carboxylic acids is 1. The number of aromatic nitrogens is 1. The molecule has 5 nitrogen and oxygen atoms in total. The summed E-state index contributed by atoms with van der Waals surface area (Å²) in [6.45, 7) is 0.665. The highest BCUT2D eigenvalue weighted by atomic mass is 32.2. The van der Waals surface area contributed by atoms with Crippen molar-refractivity contribution in [3.8, 4) is 0 Å². The number of pyridine rings is 1. The molecule has 0 bridgehead atoms. The predicted molar refractivity (Wildman–Crippen MR) is 61.3 cm³/mol. The summed E-state index contributed by atoms with van der Waals surface area (Å²) in [5, 5.41) is 8.89. The van der Waals surface area contributed by atoms with Crippen LogP contribution in [0.3, 0.4) is 0 Å². The number of rotatable bonds is 1. The number of nitrogens with one attached hydrogen (secondary N) is 2.